The summed E-state index contributed by atoms with van der Waals surface area (Å²) in [7, 11) is 0. The van der Waals surface area contributed by atoms with Crippen LogP contribution in [0.3, 0.4) is 0 Å². The van der Waals surface area contributed by atoms with Crippen molar-refractivity contribution >= 4 is 46.8 Å². The third-order valence-corrected chi connectivity index (χ3v) is 5.10. The Kier molecular flexibility index (Phi) is 4.01. The fourth-order valence-corrected chi connectivity index (χ4v) is 3.33. The van der Waals surface area contributed by atoms with E-state index in [1.165, 1.54) is 9.08 Å². The van der Waals surface area contributed by atoms with Gasteiger partial charge in [0.25, 0.3) is 0 Å². The number of anilines is 1. The van der Waals surface area contributed by atoms with E-state index in [-0.39, 0.29) is 11.5 Å². The Hall–Kier alpha value is -2.31. The van der Waals surface area contributed by atoms with Gasteiger partial charge in [0.2, 0.25) is 5.65 Å². The first kappa shape index (κ1) is 16.2. The van der Waals surface area contributed by atoms with Crippen molar-refractivity contribution in [3.05, 3.63) is 57.1 Å². The molecule has 2 aromatic heterocycles. The predicted octanol–water partition coefficient (Wildman–Crippen LogP) is 0.705. The average Bonchev–Trinajstić information content (AvgIpc) is 2.75. The highest BCUT2D eigenvalue weighted by Gasteiger charge is 2.20. The van der Waals surface area contributed by atoms with E-state index in [9.17, 15) is 4.79 Å². The minimum absolute atomic E-state index is 0.186. The van der Waals surface area contributed by atoms with Crippen molar-refractivity contribution in [2.24, 2.45) is 0 Å². The van der Waals surface area contributed by atoms with Crippen LogP contribution in [0.2, 0.25) is 0 Å². The molecule has 8 heteroatoms. The molecule has 2 aliphatic rings. The third kappa shape index (κ3) is 2.81. The van der Waals surface area contributed by atoms with Crippen molar-refractivity contribution in [2.75, 3.05) is 5.73 Å². The Balaban J connectivity index is 1.92. The zero-order chi connectivity index (χ0) is 17.6. The number of allylic oxidation sites excluding steroid dienone is 6. The molecule has 2 unspecified atom stereocenters. The Morgan fingerprint density at radius 3 is 2.84 bits per heavy atom. The van der Waals surface area contributed by atoms with Crippen molar-refractivity contribution in [3.8, 4) is 0 Å². The molecule has 6 nitrogen and oxygen atoms in total. The van der Waals surface area contributed by atoms with Crippen LogP contribution in [-0.2, 0) is 6.54 Å². The molecule has 0 aromatic carbocycles. The molecule has 2 aliphatic carbocycles. The van der Waals surface area contributed by atoms with Crippen molar-refractivity contribution in [3.63, 3.8) is 0 Å². The van der Waals surface area contributed by atoms with Crippen LogP contribution in [0.4, 0.5) is 5.82 Å². The minimum Gasteiger partial charge on any atom is -0.381 e. The van der Waals surface area contributed by atoms with Crippen LogP contribution in [-0.4, -0.2) is 29.9 Å². The lowest BCUT2D eigenvalue weighted by atomic mass is 10.2. The fourth-order valence-electron chi connectivity index (χ4n) is 2.94. The van der Waals surface area contributed by atoms with Gasteiger partial charge >= 0.3 is 5.69 Å². The SMILES string of the molecule is Nc1nc2c(n3c(=O)n(CC4=CC=CC=CC4)nc13)=CC(Cl)C(Cl)C=2. The molecule has 0 saturated carbocycles. The van der Waals surface area contributed by atoms with E-state index < -0.39 is 10.8 Å². The number of fused-ring (bicyclic) bond motifs is 3. The van der Waals surface area contributed by atoms with Gasteiger partial charge in [0.05, 0.1) is 28.0 Å². The van der Waals surface area contributed by atoms with Crippen LogP contribution >= 0.6 is 23.2 Å². The molecule has 2 atom stereocenters. The molecule has 0 spiro atoms. The van der Waals surface area contributed by atoms with Gasteiger partial charge in [0.1, 0.15) is 0 Å². The maximum atomic E-state index is 12.9. The van der Waals surface area contributed by atoms with Crippen LogP contribution < -0.4 is 22.1 Å². The van der Waals surface area contributed by atoms with Gasteiger partial charge in [-0.15, -0.1) is 28.3 Å². The maximum Gasteiger partial charge on any atom is 0.351 e. The number of nitrogen functional groups attached to an aromatic ring is 1. The van der Waals surface area contributed by atoms with Gasteiger partial charge in [-0.3, -0.25) is 0 Å². The Morgan fingerprint density at radius 1 is 1.20 bits per heavy atom. The first-order valence-electron chi connectivity index (χ1n) is 7.83. The predicted molar refractivity (Wildman–Crippen MR) is 100 cm³/mol. The normalized spacial score (nSPS) is 22.1. The van der Waals surface area contributed by atoms with Gasteiger partial charge < -0.3 is 5.73 Å². The lowest BCUT2D eigenvalue weighted by molar-refractivity contribution is 0.641. The van der Waals surface area contributed by atoms with Crippen LogP contribution in [0.25, 0.3) is 17.8 Å². The molecule has 0 amide bonds. The number of hydrogen-bond donors (Lipinski definition) is 1. The standard InChI is InChI=1S/C17H15Cl2N5O/c18-11-7-13-14(8-12(11)19)24-16(15(20)21-13)22-23(17(24)25)9-10-5-3-1-2-4-6-10/h1-5,7-8,11-12H,6,9H2,(H2,20,21). The van der Waals surface area contributed by atoms with Crippen LogP contribution in [0, 0.1) is 0 Å². The largest absolute Gasteiger partial charge is 0.381 e. The van der Waals surface area contributed by atoms with Gasteiger partial charge in [0, 0.05) is 0 Å². The van der Waals surface area contributed by atoms with Crippen molar-refractivity contribution in [2.45, 2.75) is 23.7 Å². The molecule has 128 valence electrons. The van der Waals surface area contributed by atoms with E-state index in [1.54, 1.807) is 12.2 Å². The van der Waals surface area contributed by atoms with E-state index in [4.69, 9.17) is 28.9 Å². The van der Waals surface area contributed by atoms with E-state index in [0.717, 1.165) is 12.0 Å². The molecule has 0 saturated heterocycles. The summed E-state index contributed by atoms with van der Waals surface area (Å²) >= 11 is 12.4. The van der Waals surface area contributed by atoms with Crippen LogP contribution in [0.1, 0.15) is 6.42 Å². The summed E-state index contributed by atoms with van der Waals surface area (Å²) in [6.07, 6.45) is 14.1. The molecule has 0 aliphatic heterocycles. The molecule has 25 heavy (non-hydrogen) atoms. The van der Waals surface area contributed by atoms with E-state index in [0.29, 0.717) is 22.9 Å². The number of alkyl halides is 2. The highest BCUT2D eigenvalue weighted by Crippen LogP contribution is 2.15. The lowest BCUT2D eigenvalue weighted by Gasteiger charge is -2.12. The van der Waals surface area contributed by atoms with Gasteiger partial charge in [-0.25, -0.2) is 18.9 Å². The van der Waals surface area contributed by atoms with Gasteiger partial charge in [-0.2, -0.15) is 0 Å². The molecule has 2 aromatic rings. The lowest BCUT2D eigenvalue weighted by Crippen LogP contribution is -2.45. The number of aromatic nitrogens is 4. The number of nitrogens with two attached hydrogens (primary N) is 1. The number of nitrogens with zero attached hydrogens (tertiary/aromatic N) is 4. The van der Waals surface area contributed by atoms with Gasteiger partial charge in [0.15, 0.2) is 5.82 Å². The van der Waals surface area contributed by atoms with Gasteiger partial charge in [-0.05, 0) is 24.1 Å². The Morgan fingerprint density at radius 2 is 2.00 bits per heavy atom. The molecule has 0 radical (unpaired) electrons. The van der Waals surface area contributed by atoms with E-state index >= 15 is 0 Å². The van der Waals surface area contributed by atoms with Crippen molar-refractivity contribution < 1.29 is 0 Å². The number of hydrogen-bond acceptors (Lipinski definition) is 4. The van der Waals surface area contributed by atoms with Crippen molar-refractivity contribution in [1.82, 2.24) is 19.2 Å². The Bertz CT molecular complexity index is 1120. The number of halogens is 2. The first-order chi connectivity index (χ1) is 12.0. The maximum absolute atomic E-state index is 12.9. The van der Waals surface area contributed by atoms with Crippen LogP contribution in [0.15, 0.2) is 40.7 Å². The van der Waals surface area contributed by atoms with Crippen LogP contribution in [0.5, 0.6) is 0 Å². The molecular formula is C17H15Cl2N5O. The molecule has 0 bridgehead atoms. The first-order valence-corrected chi connectivity index (χ1v) is 8.70. The second-order valence-corrected chi connectivity index (χ2v) is 6.94. The topological polar surface area (TPSA) is 78.2 Å². The Labute approximate surface area is 152 Å². The molecule has 2 heterocycles. The fraction of sp³-hybridized carbons (Fsp3) is 0.235. The quantitative estimate of drug-likeness (QED) is 0.783. The monoisotopic (exact) mass is 375 g/mol. The summed E-state index contributed by atoms with van der Waals surface area (Å²) in [4.78, 5) is 17.2. The summed E-state index contributed by atoms with van der Waals surface area (Å²) in [5, 5.41) is 4.65. The summed E-state index contributed by atoms with van der Waals surface area (Å²) < 4.78 is 2.85. The van der Waals surface area contributed by atoms with E-state index in [1.807, 2.05) is 30.4 Å². The minimum atomic E-state index is -0.433. The average molecular weight is 376 g/mol. The molecule has 0 fully saturated rings. The van der Waals surface area contributed by atoms with E-state index in [2.05, 4.69) is 10.1 Å². The zero-order valence-corrected chi connectivity index (χ0v) is 14.7. The number of rotatable bonds is 2. The summed E-state index contributed by atoms with van der Waals surface area (Å²) in [6, 6.07) is 0. The molecule has 4 rings (SSSR count). The second kappa shape index (κ2) is 6.20. The zero-order valence-electron chi connectivity index (χ0n) is 13.1. The smallest absolute Gasteiger partial charge is 0.351 e. The highest BCUT2D eigenvalue weighted by molar-refractivity contribution is 6.34. The molecular weight excluding hydrogens is 361 g/mol. The third-order valence-electron chi connectivity index (χ3n) is 4.17. The molecule has 2 N–H and O–H groups in total. The summed E-state index contributed by atoms with van der Waals surface area (Å²) in [5.41, 5.74) is 7.13. The second-order valence-electron chi connectivity index (χ2n) is 5.93. The highest BCUT2D eigenvalue weighted by atomic mass is 35.5. The van der Waals surface area contributed by atoms with Crippen molar-refractivity contribution in [1.29, 1.82) is 0 Å². The van der Waals surface area contributed by atoms with Gasteiger partial charge in [-0.1, -0.05) is 30.4 Å². The summed E-state index contributed by atoms with van der Waals surface area (Å²) in [6.45, 7) is 0.384. The summed E-state index contributed by atoms with van der Waals surface area (Å²) in [5.74, 6) is 0.186.